The highest BCUT2D eigenvalue weighted by Gasteiger charge is 2.40. The van der Waals surface area contributed by atoms with Crippen molar-refractivity contribution in [1.82, 2.24) is 10.2 Å². The van der Waals surface area contributed by atoms with E-state index in [2.05, 4.69) is 5.32 Å². The number of piperidine rings is 1. The molecule has 1 aromatic carbocycles. The zero-order valence-electron chi connectivity index (χ0n) is 12.1. The predicted molar refractivity (Wildman–Crippen MR) is 77.0 cm³/mol. The minimum absolute atomic E-state index is 0.0924. The second-order valence-corrected chi connectivity index (χ2v) is 5.51. The summed E-state index contributed by atoms with van der Waals surface area (Å²) in [6.45, 7) is 0.602. The van der Waals surface area contributed by atoms with Crippen molar-refractivity contribution in [3.8, 4) is 0 Å². The number of nitrogens with zero attached hydrogens (tertiary/aromatic N) is 1. The summed E-state index contributed by atoms with van der Waals surface area (Å²) in [5.41, 5.74) is 5.88. The van der Waals surface area contributed by atoms with E-state index < -0.39 is 12.2 Å². The Balaban J connectivity index is 1.98. The first-order chi connectivity index (χ1) is 10.4. The molecule has 0 aromatic heterocycles. The lowest BCUT2D eigenvalue weighted by Crippen LogP contribution is -2.49. The van der Waals surface area contributed by atoms with E-state index in [1.165, 1.54) is 17.0 Å². The maximum absolute atomic E-state index is 13.2. The Hall–Kier alpha value is -1.60. The van der Waals surface area contributed by atoms with E-state index >= 15 is 0 Å². The molecule has 0 aliphatic carbocycles. The molecule has 2 atom stereocenters. The van der Waals surface area contributed by atoms with Crippen molar-refractivity contribution in [2.45, 2.75) is 31.1 Å². The summed E-state index contributed by atoms with van der Waals surface area (Å²) < 4.78 is 39.5. The van der Waals surface area contributed by atoms with E-state index in [-0.39, 0.29) is 24.1 Å². The van der Waals surface area contributed by atoms with Crippen molar-refractivity contribution in [1.29, 1.82) is 0 Å². The lowest BCUT2D eigenvalue weighted by Gasteiger charge is -2.31. The standard InChI is InChI=1S/C15H20F3N3O/c16-15(17,18)14(11-5-2-1-3-6-11)20-9-13(22)21-8-4-7-12(19)10-21/h1-3,5-6,12,14,20H,4,7-10,19H2/t12-,14+/m0/s1. The Labute approximate surface area is 127 Å². The van der Waals surface area contributed by atoms with Crippen LogP contribution >= 0.6 is 0 Å². The van der Waals surface area contributed by atoms with Gasteiger partial charge < -0.3 is 10.6 Å². The van der Waals surface area contributed by atoms with Gasteiger partial charge in [-0.2, -0.15) is 13.2 Å². The number of carbonyl (C=O) groups excluding carboxylic acids is 1. The molecule has 0 unspecified atom stereocenters. The fourth-order valence-corrected chi connectivity index (χ4v) is 2.61. The Bertz CT molecular complexity index is 493. The maximum atomic E-state index is 13.2. The molecule has 1 aliphatic heterocycles. The molecule has 1 amide bonds. The number of halogens is 3. The van der Waals surface area contributed by atoms with Crippen molar-refractivity contribution in [2.24, 2.45) is 5.73 Å². The second kappa shape index (κ2) is 7.11. The van der Waals surface area contributed by atoms with E-state index in [1.54, 1.807) is 18.2 Å². The smallest absolute Gasteiger partial charge is 0.340 e. The van der Waals surface area contributed by atoms with Gasteiger partial charge in [-0.05, 0) is 18.4 Å². The summed E-state index contributed by atoms with van der Waals surface area (Å²) in [5, 5.41) is 2.33. The van der Waals surface area contributed by atoms with E-state index in [4.69, 9.17) is 5.73 Å². The molecular weight excluding hydrogens is 295 g/mol. The fraction of sp³-hybridized carbons (Fsp3) is 0.533. The second-order valence-electron chi connectivity index (χ2n) is 5.51. The number of carbonyl (C=O) groups is 1. The molecule has 1 aromatic rings. The number of nitrogens with two attached hydrogens (primary N) is 1. The zero-order chi connectivity index (χ0) is 16.2. The van der Waals surface area contributed by atoms with Gasteiger partial charge in [-0.3, -0.25) is 10.1 Å². The molecule has 7 heteroatoms. The van der Waals surface area contributed by atoms with Gasteiger partial charge in [-0.25, -0.2) is 0 Å². The Morgan fingerprint density at radius 3 is 2.64 bits per heavy atom. The average molecular weight is 315 g/mol. The molecule has 1 fully saturated rings. The molecule has 122 valence electrons. The fourth-order valence-electron chi connectivity index (χ4n) is 2.61. The molecule has 3 N–H and O–H groups in total. The largest absolute Gasteiger partial charge is 0.407 e. The van der Waals surface area contributed by atoms with Gasteiger partial charge in [0, 0.05) is 19.1 Å². The molecule has 2 rings (SSSR count). The molecule has 0 saturated carbocycles. The highest BCUT2D eigenvalue weighted by molar-refractivity contribution is 5.78. The van der Waals surface area contributed by atoms with E-state index in [0.29, 0.717) is 13.1 Å². The highest BCUT2D eigenvalue weighted by Crippen LogP contribution is 2.32. The summed E-state index contributed by atoms with van der Waals surface area (Å²) in [6, 6.07) is 5.58. The molecule has 4 nitrogen and oxygen atoms in total. The normalized spacial score (nSPS) is 20.7. The molecule has 0 bridgehead atoms. The summed E-state index contributed by atoms with van der Waals surface area (Å²) in [5.74, 6) is -0.347. The molecule has 22 heavy (non-hydrogen) atoms. The van der Waals surface area contributed by atoms with Crippen LogP contribution in [0.2, 0.25) is 0 Å². The maximum Gasteiger partial charge on any atom is 0.407 e. The predicted octanol–water partition coefficient (Wildman–Crippen LogP) is 1.83. The van der Waals surface area contributed by atoms with E-state index in [9.17, 15) is 18.0 Å². The first-order valence-electron chi connectivity index (χ1n) is 7.26. The number of hydrogen-bond donors (Lipinski definition) is 2. The molecule has 0 radical (unpaired) electrons. The van der Waals surface area contributed by atoms with Crippen LogP contribution in [-0.2, 0) is 4.79 Å². The van der Waals surface area contributed by atoms with Gasteiger partial charge in [0.05, 0.1) is 6.54 Å². The Morgan fingerprint density at radius 1 is 1.36 bits per heavy atom. The monoisotopic (exact) mass is 315 g/mol. The quantitative estimate of drug-likeness (QED) is 0.891. The van der Waals surface area contributed by atoms with Crippen LogP contribution in [0.5, 0.6) is 0 Å². The highest BCUT2D eigenvalue weighted by atomic mass is 19.4. The molecule has 1 aliphatic rings. The number of alkyl halides is 3. The van der Waals surface area contributed by atoms with Crippen LogP contribution in [-0.4, -0.2) is 42.7 Å². The van der Waals surface area contributed by atoms with Gasteiger partial charge in [0.25, 0.3) is 0 Å². The molecule has 1 saturated heterocycles. The van der Waals surface area contributed by atoms with Crippen LogP contribution < -0.4 is 11.1 Å². The first-order valence-corrected chi connectivity index (χ1v) is 7.26. The third kappa shape index (κ3) is 4.45. The number of nitrogens with one attached hydrogen (secondary N) is 1. The van der Waals surface area contributed by atoms with Gasteiger partial charge >= 0.3 is 6.18 Å². The molecule has 1 heterocycles. The van der Waals surface area contributed by atoms with Crippen LogP contribution in [0.4, 0.5) is 13.2 Å². The first kappa shape index (κ1) is 16.8. The number of amides is 1. The number of rotatable bonds is 4. The topological polar surface area (TPSA) is 58.4 Å². The van der Waals surface area contributed by atoms with Gasteiger partial charge in [-0.15, -0.1) is 0 Å². The van der Waals surface area contributed by atoms with Crippen molar-refractivity contribution in [3.63, 3.8) is 0 Å². The third-order valence-electron chi connectivity index (χ3n) is 3.73. The van der Waals surface area contributed by atoms with Crippen LogP contribution in [0.15, 0.2) is 30.3 Å². The van der Waals surface area contributed by atoms with E-state index in [1.807, 2.05) is 0 Å². The Kier molecular flexibility index (Phi) is 5.42. The van der Waals surface area contributed by atoms with Crippen LogP contribution in [0.3, 0.4) is 0 Å². The van der Waals surface area contributed by atoms with Crippen molar-refractivity contribution in [3.05, 3.63) is 35.9 Å². The zero-order valence-corrected chi connectivity index (χ0v) is 12.1. The van der Waals surface area contributed by atoms with E-state index in [0.717, 1.165) is 12.8 Å². The lowest BCUT2D eigenvalue weighted by atomic mass is 10.1. The number of hydrogen-bond acceptors (Lipinski definition) is 3. The van der Waals surface area contributed by atoms with Gasteiger partial charge in [0.1, 0.15) is 6.04 Å². The van der Waals surface area contributed by atoms with Crippen molar-refractivity contribution < 1.29 is 18.0 Å². The van der Waals surface area contributed by atoms with Gasteiger partial charge in [0.2, 0.25) is 5.91 Å². The summed E-state index contributed by atoms with van der Waals surface area (Å²) >= 11 is 0. The summed E-state index contributed by atoms with van der Waals surface area (Å²) in [7, 11) is 0. The summed E-state index contributed by atoms with van der Waals surface area (Å²) in [4.78, 5) is 13.6. The van der Waals surface area contributed by atoms with Gasteiger partial charge in [-0.1, -0.05) is 30.3 Å². The minimum atomic E-state index is -4.46. The van der Waals surface area contributed by atoms with Crippen molar-refractivity contribution >= 4 is 5.91 Å². The lowest BCUT2D eigenvalue weighted by molar-refractivity contribution is -0.159. The minimum Gasteiger partial charge on any atom is -0.340 e. The van der Waals surface area contributed by atoms with Crippen LogP contribution in [0.25, 0.3) is 0 Å². The average Bonchev–Trinajstić information content (AvgIpc) is 2.47. The van der Waals surface area contributed by atoms with Crippen molar-refractivity contribution in [2.75, 3.05) is 19.6 Å². The summed E-state index contributed by atoms with van der Waals surface area (Å²) in [6.07, 6.45) is -2.83. The number of benzene rings is 1. The molecular formula is C15H20F3N3O. The SMILES string of the molecule is N[C@H]1CCCN(C(=O)CN[C@H](c2ccccc2)C(F)(F)F)C1. The van der Waals surface area contributed by atoms with Crippen LogP contribution in [0.1, 0.15) is 24.4 Å². The van der Waals surface area contributed by atoms with Crippen LogP contribution in [0, 0.1) is 0 Å². The third-order valence-corrected chi connectivity index (χ3v) is 3.73. The van der Waals surface area contributed by atoms with Gasteiger partial charge in [0.15, 0.2) is 0 Å². The Morgan fingerprint density at radius 2 is 2.05 bits per heavy atom. The number of likely N-dealkylation sites (tertiary alicyclic amines) is 1. The molecule has 0 spiro atoms.